The maximum absolute atomic E-state index is 12.7. The Hall–Kier alpha value is -0.740. The zero-order valence-corrected chi connectivity index (χ0v) is 10.8. The quantitative estimate of drug-likeness (QED) is 0.801. The van der Waals surface area contributed by atoms with E-state index < -0.39 is 11.7 Å². The Kier molecular flexibility index (Phi) is 3.87. The van der Waals surface area contributed by atoms with Gasteiger partial charge < -0.3 is 5.32 Å². The minimum absolute atomic E-state index is 0.0269. The standard InChI is InChI=1S/C13H15ClF3N/c1-8-2-3-12(18-7-8)9-4-10(13(15,16)17)6-11(14)5-9/h4-6,8,12,18H,2-3,7H2,1H3. The fraction of sp³-hybridized carbons (Fsp3) is 0.538. The highest BCUT2D eigenvalue weighted by Gasteiger charge is 2.32. The third-order valence-electron chi connectivity index (χ3n) is 3.31. The molecule has 1 nitrogen and oxygen atoms in total. The Morgan fingerprint density at radius 2 is 1.94 bits per heavy atom. The second-order valence-electron chi connectivity index (χ2n) is 4.91. The summed E-state index contributed by atoms with van der Waals surface area (Å²) in [5.74, 6) is 0.572. The highest BCUT2D eigenvalue weighted by atomic mass is 35.5. The summed E-state index contributed by atoms with van der Waals surface area (Å²) in [4.78, 5) is 0. The Balaban J connectivity index is 2.25. The van der Waals surface area contributed by atoms with E-state index in [0.717, 1.165) is 25.5 Å². The van der Waals surface area contributed by atoms with Gasteiger partial charge in [0.15, 0.2) is 0 Å². The van der Waals surface area contributed by atoms with Gasteiger partial charge in [0.2, 0.25) is 0 Å². The smallest absolute Gasteiger partial charge is 0.310 e. The normalized spacial score (nSPS) is 25.2. The van der Waals surface area contributed by atoms with E-state index in [0.29, 0.717) is 11.5 Å². The molecule has 1 aromatic carbocycles. The predicted octanol–water partition coefficient (Wildman–Crippen LogP) is 4.42. The number of nitrogens with one attached hydrogen (secondary N) is 1. The third-order valence-corrected chi connectivity index (χ3v) is 3.53. The van der Waals surface area contributed by atoms with Crippen LogP contribution in [0.4, 0.5) is 13.2 Å². The van der Waals surface area contributed by atoms with Crippen LogP contribution in [0.15, 0.2) is 18.2 Å². The van der Waals surface area contributed by atoms with Crippen LogP contribution in [0.5, 0.6) is 0 Å². The van der Waals surface area contributed by atoms with Crippen LogP contribution in [0.1, 0.15) is 36.9 Å². The van der Waals surface area contributed by atoms with Crippen molar-refractivity contribution in [3.8, 4) is 0 Å². The molecule has 0 amide bonds. The Labute approximate surface area is 109 Å². The summed E-state index contributed by atoms with van der Waals surface area (Å²) in [7, 11) is 0. The van der Waals surface area contributed by atoms with E-state index in [2.05, 4.69) is 12.2 Å². The molecular weight excluding hydrogens is 263 g/mol. The summed E-state index contributed by atoms with van der Waals surface area (Å²) >= 11 is 5.78. The molecule has 1 N–H and O–H groups in total. The number of alkyl halides is 3. The lowest BCUT2D eigenvalue weighted by Crippen LogP contribution is -2.32. The number of hydrogen-bond donors (Lipinski definition) is 1. The van der Waals surface area contributed by atoms with Gasteiger partial charge in [0, 0.05) is 11.1 Å². The lowest BCUT2D eigenvalue weighted by atomic mass is 9.91. The summed E-state index contributed by atoms with van der Waals surface area (Å²) in [5, 5.41) is 3.40. The van der Waals surface area contributed by atoms with Crippen LogP contribution in [0, 0.1) is 5.92 Å². The zero-order chi connectivity index (χ0) is 13.3. The van der Waals surface area contributed by atoms with Crippen molar-refractivity contribution in [3.63, 3.8) is 0 Å². The fourth-order valence-corrected chi connectivity index (χ4v) is 2.50. The van der Waals surface area contributed by atoms with Crippen molar-refractivity contribution in [2.75, 3.05) is 6.54 Å². The Morgan fingerprint density at radius 1 is 1.22 bits per heavy atom. The van der Waals surface area contributed by atoms with Gasteiger partial charge in [0.05, 0.1) is 5.56 Å². The average Bonchev–Trinajstić information content (AvgIpc) is 2.28. The molecule has 0 aromatic heterocycles. The molecule has 1 fully saturated rings. The number of benzene rings is 1. The molecule has 100 valence electrons. The maximum atomic E-state index is 12.7. The summed E-state index contributed by atoms with van der Waals surface area (Å²) in [5.41, 5.74) is -0.0489. The minimum atomic E-state index is -4.35. The first kappa shape index (κ1) is 13.7. The van der Waals surface area contributed by atoms with Crippen LogP contribution in [-0.4, -0.2) is 6.54 Å². The van der Waals surface area contributed by atoms with Crippen molar-refractivity contribution < 1.29 is 13.2 Å². The molecule has 0 bridgehead atoms. The number of hydrogen-bond acceptors (Lipinski definition) is 1. The second kappa shape index (κ2) is 5.10. The summed E-state index contributed by atoms with van der Waals surface area (Å²) in [6.45, 7) is 2.96. The monoisotopic (exact) mass is 277 g/mol. The van der Waals surface area contributed by atoms with Gasteiger partial charge in [0.25, 0.3) is 0 Å². The van der Waals surface area contributed by atoms with E-state index in [1.54, 1.807) is 6.07 Å². The molecule has 1 aromatic rings. The number of halogens is 4. The van der Waals surface area contributed by atoms with Crippen molar-refractivity contribution in [2.24, 2.45) is 5.92 Å². The van der Waals surface area contributed by atoms with Gasteiger partial charge in [-0.15, -0.1) is 0 Å². The van der Waals surface area contributed by atoms with Gasteiger partial charge in [-0.25, -0.2) is 0 Å². The Morgan fingerprint density at radius 3 is 2.50 bits per heavy atom. The molecule has 2 atom stereocenters. The van der Waals surface area contributed by atoms with Crippen LogP contribution < -0.4 is 5.32 Å². The van der Waals surface area contributed by atoms with E-state index in [-0.39, 0.29) is 11.1 Å². The average molecular weight is 278 g/mol. The van der Waals surface area contributed by atoms with Crippen molar-refractivity contribution in [3.05, 3.63) is 34.3 Å². The zero-order valence-electron chi connectivity index (χ0n) is 10.0. The molecule has 2 rings (SSSR count). The lowest BCUT2D eigenvalue weighted by Gasteiger charge is -2.28. The predicted molar refractivity (Wildman–Crippen MR) is 65.6 cm³/mol. The highest BCUT2D eigenvalue weighted by molar-refractivity contribution is 6.30. The Bertz CT molecular complexity index is 423. The van der Waals surface area contributed by atoms with E-state index in [1.807, 2.05) is 0 Å². The van der Waals surface area contributed by atoms with Gasteiger partial charge in [-0.1, -0.05) is 18.5 Å². The van der Waals surface area contributed by atoms with E-state index in [1.165, 1.54) is 6.07 Å². The van der Waals surface area contributed by atoms with E-state index >= 15 is 0 Å². The van der Waals surface area contributed by atoms with Crippen molar-refractivity contribution in [1.82, 2.24) is 5.32 Å². The molecule has 0 spiro atoms. The van der Waals surface area contributed by atoms with Gasteiger partial charge in [-0.2, -0.15) is 13.2 Å². The summed E-state index contributed by atoms with van der Waals surface area (Å²) in [6.07, 6.45) is -2.48. The van der Waals surface area contributed by atoms with Crippen LogP contribution in [0.25, 0.3) is 0 Å². The number of piperidine rings is 1. The first-order valence-electron chi connectivity index (χ1n) is 5.97. The fourth-order valence-electron chi connectivity index (χ4n) is 2.26. The third kappa shape index (κ3) is 3.18. The van der Waals surface area contributed by atoms with Gasteiger partial charge in [-0.05, 0) is 49.1 Å². The maximum Gasteiger partial charge on any atom is 0.416 e. The van der Waals surface area contributed by atoms with Crippen LogP contribution in [0.2, 0.25) is 5.02 Å². The molecule has 1 saturated heterocycles. The van der Waals surface area contributed by atoms with Crippen molar-refractivity contribution >= 4 is 11.6 Å². The molecule has 0 saturated carbocycles. The van der Waals surface area contributed by atoms with Gasteiger partial charge in [-0.3, -0.25) is 0 Å². The first-order chi connectivity index (χ1) is 8.36. The molecule has 18 heavy (non-hydrogen) atoms. The molecule has 5 heteroatoms. The van der Waals surface area contributed by atoms with Crippen molar-refractivity contribution in [2.45, 2.75) is 32.0 Å². The molecular formula is C13H15ClF3N. The summed E-state index contributed by atoms with van der Waals surface area (Å²) < 4.78 is 38.1. The molecule has 1 heterocycles. The number of rotatable bonds is 1. The van der Waals surface area contributed by atoms with Crippen LogP contribution in [-0.2, 0) is 6.18 Å². The largest absolute Gasteiger partial charge is 0.416 e. The molecule has 2 unspecified atom stereocenters. The van der Waals surface area contributed by atoms with Crippen LogP contribution in [0.3, 0.4) is 0 Å². The highest BCUT2D eigenvalue weighted by Crippen LogP contribution is 2.35. The van der Waals surface area contributed by atoms with Gasteiger partial charge in [0.1, 0.15) is 0 Å². The topological polar surface area (TPSA) is 12.0 Å². The molecule has 0 radical (unpaired) electrons. The van der Waals surface area contributed by atoms with Gasteiger partial charge >= 0.3 is 6.18 Å². The lowest BCUT2D eigenvalue weighted by molar-refractivity contribution is -0.137. The minimum Gasteiger partial charge on any atom is -0.310 e. The van der Waals surface area contributed by atoms with E-state index in [9.17, 15) is 13.2 Å². The SMILES string of the molecule is CC1CCC(c2cc(Cl)cc(C(F)(F)F)c2)NC1. The molecule has 1 aliphatic heterocycles. The van der Waals surface area contributed by atoms with E-state index in [4.69, 9.17) is 11.6 Å². The summed E-state index contributed by atoms with van der Waals surface area (Å²) in [6, 6.07) is 3.75. The van der Waals surface area contributed by atoms with Crippen molar-refractivity contribution in [1.29, 1.82) is 0 Å². The second-order valence-corrected chi connectivity index (χ2v) is 5.35. The molecule has 1 aliphatic rings. The molecule has 0 aliphatic carbocycles. The first-order valence-corrected chi connectivity index (χ1v) is 6.35. The van der Waals surface area contributed by atoms with Crippen LogP contribution >= 0.6 is 11.6 Å².